The van der Waals surface area contributed by atoms with E-state index >= 15 is 0 Å². The Morgan fingerprint density at radius 3 is 2.39 bits per heavy atom. The predicted octanol–water partition coefficient (Wildman–Crippen LogP) is 3.25. The Balaban J connectivity index is 1.85. The number of carbonyl (C=O) groups excluding carboxylic acids is 2. The highest BCUT2D eigenvalue weighted by Crippen LogP contribution is 2.24. The lowest BCUT2D eigenvalue weighted by molar-refractivity contribution is -0.116. The molecule has 31 heavy (non-hydrogen) atoms. The summed E-state index contributed by atoms with van der Waals surface area (Å²) in [6.45, 7) is 2.74. The van der Waals surface area contributed by atoms with Crippen LogP contribution in [0.4, 0.5) is 15.8 Å². The number of amides is 2. The first-order valence-electron chi connectivity index (χ1n) is 10.1. The van der Waals surface area contributed by atoms with Crippen LogP contribution in [-0.4, -0.2) is 50.5 Å². The summed E-state index contributed by atoms with van der Waals surface area (Å²) in [5.41, 5.74) is 0.701. The zero-order chi connectivity index (χ0) is 22.6. The van der Waals surface area contributed by atoms with Gasteiger partial charge in [0.2, 0.25) is 15.9 Å². The molecule has 1 fully saturated rings. The quantitative estimate of drug-likeness (QED) is 0.737. The van der Waals surface area contributed by atoms with Gasteiger partial charge in [-0.3, -0.25) is 13.9 Å². The molecule has 166 valence electrons. The number of likely N-dealkylation sites (tertiary alicyclic amines) is 1. The molecular formula is C22H26FN3O4S. The first-order chi connectivity index (χ1) is 14.7. The van der Waals surface area contributed by atoms with Crippen LogP contribution in [0.2, 0.25) is 0 Å². The number of sulfonamides is 1. The molecule has 0 aromatic heterocycles. The summed E-state index contributed by atoms with van der Waals surface area (Å²) in [6.07, 6.45) is 3.92. The van der Waals surface area contributed by atoms with Gasteiger partial charge in [0.05, 0.1) is 23.2 Å². The molecule has 0 bridgehead atoms. The summed E-state index contributed by atoms with van der Waals surface area (Å²) in [5.74, 6) is -1.42. The Morgan fingerprint density at radius 1 is 1.06 bits per heavy atom. The van der Waals surface area contributed by atoms with Crippen LogP contribution < -0.4 is 9.62 Å². The van der Waals surface area contributed by atoms with Crippen molar-refractivity contribution < 1.29 is 22.4 Å². The van der Waals surface area contributed by atoms with E-state index in [0.717, 1.165) is 35.9 Å². The first-order valence-corrected chi connectivity index (χ1v) is 12.0. The second-order valence-corrected chi connectivity index (χ2v) is 9.46. The number of hydrogen-bond donors (Lipinski definition) is 1. The molecule has 0 aliphatic carbocycles. The molecule has 1 aliphatic rings. The number of para-hydroxylation sites is 1. The average Bonchev–Trinajstić information content (AvgIpc) is 2.73. The fourth-order valence-electron chi connectivity index (χ4n) is 3.71. The third-order valence-electron chi connectivity index (χ3n) is 5.21. The standard InChI is InChI=1S/C22H26FN3O4S/c1-16(26(31(2,29)30)18-10-8-9-17(23)15-18)21(27)24-20-12-5-4-11-19(20)22(28)25-13-6-3-7-14-25/h4-5,8-12,15-16H,3,6-7,13-14H2,1-2H3,(H,24,27)/t16-/m1/s1. The van der Waals surface area contributed by atoms with Crippen LogP contribution in [0.5, 0.6) is 0 Å². The summed E-state index contributed by atoms with van der Waals surface area (Å²) in [7, 11) is -3.88. The number of nitrogens with one attached hydrogen (secondary N) is 1. The summed E-state index contributed by atoms with van der Waals surface area (Å²) < 4.78 is 39.3. The molecule has 3 rings (SSSR count). The second-order valence-electron chi connectivity index (χ2n) is 7.60. The van der Waals surface area contributed by atoms with E-state index in [9.17, 15) is 22.4 Å². The molecule has 7 nitrogen and oxygen atoms in total. The number of hydrogen-bond acceptors (Lipinski definition) is 4. The van der Waals surface area contributed by atoms with E-state index in [0.29, 0.717) is 24.3 Å². The van der Waals surface area contributed by atoms with Gasteiger partial charge in [0.1, 0.15) is 11.9 Å². The lowest BCUT2D eigenvalue weighted by atomic mass is 10.1. The van der Waals surface area contributed by atoms with E-state index in [1.807, 2.05) is 0 Å². The van der Waals surface area contributed by atoms with Gasteiger partial charge in [-0.05, 0) is 56.5 Å². The zero-order valence-electron chi connectivity index (χ0n) is 17.5. The van der Waals surface area contributed by atoms with Crippen LogP contribution in [0.15, 0.2) is 48.5 Å². The summed E-state index contributed by atoms with van der Waals surface area (Å²) in [4.78, 5) is 27.7. The van der Waals surface area contributed by atoms with Crippen molar-refractivity contribution in [1.82, 2.24) is 4.90 Å². The molecule has 1 atom stereocenters. The molecular weight excluding hydrogens is 421 g/mol. The Bertz CT molecular complexity index is 1070. The van der Waals surface area contributed by atoms with Crippen LogP contribution in [0.3, 0.4) is 0 Å². The van der Waals surface area contributed by atoms with Crippen LogP contribution in [0.25, 0.3) is 0 Å². The van der Waals surface area contributed by atoms with E-state index in [4.69, 9.17) is 0 Å². The number of nitrogens with zero attached hydrogens (tertiary/aromatic N) is 2. The highest BCUT2D eigenvalue weighted by molar-refractivity contribution is 7.92. The lowest BCUT2D eigenvalue weighted by Crippen LogP contribution is -2.45. The highest BCUT2D eigenvalue weighted by atomic mass is 32.2. The maximum absolute atomic E-state index is 13.7. The van der Waals surface area contributed by atoms with Crippen molar-refractivity contribution >= 4 is 33.2 Å². The fourth-order valence-corrected chi connectivity index (χ4v) is 4.87. The largest absolute Gasteiger partial charge is 0.339 e. The van der Waals surface area contributed by atoms with Gasteiger partial charge >= 0.3 is 0 Å². The monoisotopic (exact) mass is 447 g/mol. The topological polar surface area (TPSA) is 86.8 Å². The van der Waals surface area contributed by atoms with Crippen LogP contribution >= 0.6 is 0 Å². The van der Waals surface area contributed by atoms with Gasteiger partial charge in [-0.2, -0.15) is 0 Å². The van der Waals surface area contributed by atoms with E-state index in [1.54, 1.807) is 29.2 Å². The molecule has 2 amide bonds. The summed E-state index contributed by atoms with van der Waals surface area (Å²) >= 11 is 0. The maximum atomic E-state index is 13.7. The number of anilines is 2. The van der Waals surface area contributed by atoms with Crippen LogP contribution in [0, 0.1) is 5.82 Å². The van der Waals surface area contributed by atoms with Crippen molar-refractivity contribution in [3.8, 4) is 0 Å². The minimum Gasteiger partial charge on any atom is -0.339 e. The Labute approximate surface area is 181 Å². The molecule has 1 heterocycles. The van der Waals surface area contributed by atoms with Crippen LogP contribution in [0.1, 0.15) is 36.5 Å². The molecule has 1 saturated heterocycles. The van der Waals surface area contributed by atoms with Crippen molar-refractivity contribution in [1.29, 1.82) is 0 Å². The third kappa shape index (κ3) is 5.41. The van der Waals surface area contributed by atoms with Crippen molar-refractivity contribution in [3.05, 3.63) is 59.9 Å². The van der Waals surface area contributed by atoms with Crippen molar-refractivity contribution in [2.75, 3.05) is 29.0 Å². The van der Waals surface area contributed by atoms with Gasteiger partial charge in [0.25, 0.3) is 5.91 Å². The third-order valence-corrected chi connectivity index (χ3v) is 6.45. The van der Waals surface area contributed by atoms with Crippen molar-refractivity contribution in [2.45, 2.75) is 32.2 Å². The highest BCUT2D eigenvalue weighted by Gasteiger charge is 2.30. The summed E-state index contributed by atoms with van der Waals surface area (Å²) in [5, 5.41) is 2.68. The van der Waals surface area contributed by atoms with Gasteiger partial charge in [-0.1, -0.05) is 18.2 Å². The molecule has 0 spiro atoms. The van der Waals surface area contributed by atoms with E-state index in [-0.39, 0.29) is 11.6 Å². The van der Waals surface area contributed by atoms with E-state index < -0.39 is 27.8 Å². The number of halogens is 1. The molecule has 9 heteroatoms. The zero-order valence-corrected chi connectivity index (χ0v) is 18.4. The van der Waals surface area contributed by atoms with Gasteiger partial charge in [-0.15, -0.1) is 0 Å². The molecule has 1 aliphatic heterocycles. The molecule has 2 aromatic rings. The molecule has 1 N–H and O–H groups in total. The smallest absolute Gasteiger partial charge is 0.255 e. The van der Waals surface area contributed by atoms with Crippen LogP contribution in [-0.2, 0) is 14.8 Å². The number of carbonyl (C=O) groups is 2. The second kappa shape index (κ2) is 9.47. The van der Waals surface area contributed by atoms with Crippen molar-refractivity contribution in [3.63, 3.8) is 0 Å². The molecule has 0 radical (unpaired) electrons. The van der Waals surface area contributed by atoms with Gasteiger partial charge in [0, 0.05) is 13.1 Å². The number of rotatable bonds is 6. The van der Waals surface area contributed by atoms with E-state index in [1.165, 1.54) is 25.1 Å². The minimum absolute atomic E-state index is 0.0443. The number of piperidine rings is 1. The Hall–Kier alpha value is -2.94. The maximum Gasteiger partial charge on any atom is 0.255 e. The fraction of sp³-hybridized carbons (Fsp3) is 0.364. The first kappa shape index (κ1) is 22.7. The van der Waals surface area contributed by atoms with E-state index in [2.05, 4.69) is 5.32 Å². The Kier molecular flexibility index (Phi) is 6.94. The Morgan fingerprint density at radius 2 is 1.74 bits per heavy atom. The molecule has 0 saturated carbocycles. The average molecular weight is 448 g/mol. The van der Waals surface area contributed by atoms with Crippen molar-refractivity contribution in [2.24, 2.45) is 0 Å². The minimum atomic E-state index is -3.88. The van der Waals surface area contributed by atoms with Gasteiger partial charge in [0.15, 0.2) is 0 Å². The lowest BCUT2D eigenvalue weighted by Gasteiger charge is -2.29. The number of benzene rings is 2. The normalized spacial score (nSPS) is 15.3. The SMILES string of the molecule is C[C@H](C(=O)Nc1ccccc1C(=O)N1CCCCC1)N(c1cccc(F)c1)S(C)(=O)=O. The van der Waals surface area contributed by atoms with Gasteiger partial charge < -0.3 is 10.2 Å². The predicted molar refractivity (Wildman–Crippen MR) is 118 cm³/mol. The van der Waals surface area contributed by atoms with Gasteiger partial charge in [-0.25, -0.2) is 12.8 Å². The summed E-state index contributed by atoms with van der Waals surface area (Å²) in [6, 6.07) is 10.5. The molecule has 0 unspecified atom stereocenters. The molecule has 2 aromatic carbocycles.